The van der Waals surface area contributed by atoms with Gasteiger partial charge >= 0.3 is 0 Å². The van der Waals surface area contributed by atoms with Gasteiger partial charge in [0.05, 0.1) is 16.6 Å². The number of benzene rings is 1. The van der Waals surface area contributed by atoms with Gasteiger partial charge in [-0.15, -0.1) is 0 Å². The topological polar surface area (TPSA) is 73.8 Å². The quantitative estimate of drug-likeness (QED) is 0.857. The highest BCUT2D eigenvalue weighted by Crippen LogP contribution is 2.19. The molecule has 1 aromatic carbocycles. The van der Waals surface area contributed by atoms with Crippen LogP contribution in [0.25, 0.3) is 0 Å². The minimum Gasteiger partial charge on any atom is -0.399 e. The molecular weight excluding hydrogens is 272 g/mol. The first-order valence-corrected chi connectivity index (χ1v) is 7.90. The molecule has 0 fully saturated rings. The minimum absolute atomic E-state index is 0.358. The lowest BCUT2D eigenvalue weighted by Gasteiger charge is -2.10. The zero-order valence-corrected chi connectivity index (χ0v) is 12.9. The number of nitrogen functional groups attached to an aromatic ring is 1. The molecule has 0 aliphatic heterocycles. The molecule has 2 aromatic rings. The van der Waals surface area contributed by atoms with Crippen molar-refractivity contribution in [3.05, 3.63) is 35.9 Å². The van der Waals surface area contributed by atoms with Gasteiger partial charge in [-0.3, -0.25) is 4.21 Å². The maximum atomic E-state index is 12.5. The second-order valence-electron chi connectivity index (χ2n) is 5.27. The molecular formula is C14H20N4OS. The summed E-state index contributed by atoms with van der Waals surface area (Å²) < 4.78 is 14.3. The fourth-order valence-corrected chi connectivity index (χ4v) is 3.26. The summed E-state index contributed by atoms with van der Waals surface area (Å²) in [4.78, 5) is 4.98. The van der Waals surface area contributed by atoms with E-state index in [9.17, 15) is 4.21 Å². The van der Waals surface area contributed by atoms with Gasteiger partial charge in [0.1, 0.15) is 12.2 Å². The maximum Gasteiger partial charge on any atom is 0.139 e. The second kappa shape index (κ2) is 6.17. The van der Waals surface area contributed by atoms with Crippen LogP contribution in [0, 0.1) is 12.8 Å². The summed E-state index contributed by atoms with van der Waals surface area (Å²) in [6.07, 6.45) is 1.52. The highest BCUT2D eigenvalue weighted by atomic mass is 32.2. The van der Waals surface area contributed by atoms with Gasteiger partial charge in [0, 0.05) is 17.1 Å². The number of hydrogen-bond donors (Lipinski definition) is 1. The van der Waals surface area contributed by atoms with E-state index in [1.54, 1.807) is 6.07 Å². The first kappa shape index (κ1) is 14.7. The zero-order chi connectivity index (χ0) is 14.7. The summed E-state index contributed by atoms with van der Waals surface area (Å²) in [6, 6.07) is 5.48. The van der Waals surface area contributed by atoms with Gasteiger partial charge in [0.15, 0.2) is 0 Å². The van der Waals surface area contributed by atoms with E-state index >= 15 is 0 Å². The maximum absolute atomic E-state index is 12.5. The van der Waals surface area contributed by atoms with E-state index in [1.165, 1.54) is 6.33 Å². The number of rotatable bonds is 5. The van der Waals surface area contributed by atoms with Crippen molar-refractivity contribution in [1.82, 2.24) is 14.8 Å². The molecule has 0 amide bonds. The summed E-state index contributed by atoms with van der Waals surface area (Å²) in [5.74, 6) is 1.58. The molecule has 5 nitrogen and oxygen atoms in total. The largest absolute Gasteiger partial charge is 0.399 e. The summed E-state index contributed by atoms with van der Waals surface area (Å²) in [5.41, 5.74) is 7.37. The molecule has 1 aromatic heterocycles. The molecule has 1 unspecified atom stereocenters. The van der Waals surface area contributed by atoms with E-state index in [1.807, 2.05) is 23.7 Å². The van der Waals surface area contributed by atoms with Crippen molar-refractivity contribution in [2.75, 3.05) is 5.73 Å². The number of aryl methyl sites for hydroxylation is 1. The molecule has 0 radical (unpaired) electrons. The summed E-state index contributed by atoms with van der Waals surface area (Å²) >= 11 is 0. The lowest BCUT2D eigenvalue weighted by Crippen LogP contribution is -2.12. The van der Waals surface area contributed by atoms with Gasteiger partial charge in [-0.25, -0.2) is 9.67 Å². The number of nitrogens with two attached hydrogens (primary N) is 1. The minimum atomic E-state index is -1.16. The molecule has 6 heteroatoms. The first-order chi connectivity index (χ1) is 9.47. The van der Waals surface area contributed by atoms with Crippen molar-refractivity contribution < 1.29 is 4.21 Å². The Morgan fingerprint density at radius 3 is 2.85 bits per heavy atom. The van der Waals surface area contributed by atoms with Crippen LogP contribution >= 0.6 is 0 Å². The van der Waals surface area contributed by atoms with Crippen LogP contribution in [-0.4, -0.2) is 19.0 Å². The molecule has 20 heavy (non-hydrogen) atoms. The number of nitrogens with zero attached hydrogens (tertiary/aromatic N) is 3. The molecule has 108 valence electrons. The molecule has 2 rings (SSSR count). The van der Waals surface area contributed by atoms with Gasteiger partial charge < -0.3 is 5.73 Å². The third kappa shape index (κ3) is 3.45. The monoisotopic (exact) mass is 292 g/mol. The smallest absolute Gasteiger partial charge is 0.139 e. The van der Waals surface area contributed by atoms with Crippen LogP contribution in [0.2, 0.25) is 0 Å². The Morgan fingerprint density at radius 2 is 2.15 bits per heavy atom. The van der Waals surface area contributed by atoms with E-state index in [0.29, 0.717) is 17.4 Å². The van der Waals surface area contributed by atoms with Crippen molar-refractivity contribution >= 4 is 16.5 Å². The fraction of sp³-hybridized carbons (Fsp3) is 0.429. The highest BCUT2D eigenvalue weighted by molar-refractivity contribution is 7.84. The standard InChI is InChI=1S/C14H20N4OS/c1-10(2)7-18-14(16-9-17-18)8-20(19)13-6-12(15)5-4-11(13)3/h4-6,9-10H,7-8,15H2,1-3H3. The number of anilines is 1. The van der Waals surface area contributed by atoms with Crippen molar-refractivity contribution in [3.8, 4) is 0 Å². The Kier molecular flexibility index (Phi) is 4.54. The van der Waals surface area contributed by atoms with Crippen LogP contribution in [-0.2, 0) is 23.1 Å². The molecule has 0 saturated carbocycles. The third-order valence-corrected chi connectivity index (χ3v) is 4.40. The van der Waals surface area contributed by atoms with Crippen LogP contribution in [0.15, 0.2) is 29.4 Å². The molecule has 1 atom stereocenters. The molecule has 1 heterocycles. The van der Waals surface area contributed by atoms with Gasteiger partial charge in [-0.05, 0) is 30.5 Å². The average Bonchev–Trinajstić information content (AvgIpc) is 2.78. The van der Waals surface area contributed by atoms with Crippen LogP contribution in [0.3, 0.4) is 0 Å². The van der Waals surface area contributed by atoms with Gasteiger partial charge in [0.25, 0.3) is 0 Å². The Balaban J connectivity index is 2.20. The van der Waals surface area contributed by atoms with E-state index in [2.05, 4.69) is 23.9 Å². The van der Waals surface area contributed by atoms with E-state index < -0.39 is 10.8 Å². The summed E-state index contributed by atoms with van der Waals surface area (Å²) in [7, 11) is -1.16. The molecule has 0 aliphatic carbocycles. The number of aromatic nitrogens is 3. The summed E-state index contributed by atoms with van der Waals surface area (Å²) in [6.45, 7) is 6.95. The highest BCUT2D eigenvalue weighted by Gasteiger charge is 2.13. The zero-order valence-electron chi connectivity index (χ0n) is 12.0. The Bertz CT molecular complexity index is 621. The predicted octanol–water partition coefficient (Wildman–Crippen LogP) is 2.13. The van der Waals surface area contributed by atoms with Crippen LogP contribution in [0.1, 0.15) is 25.2 Å². The van der Waals surface area contributed by atoms with Crippen molar-refractivity contribution in [2.45, 2.75) is 38.0 Å². The first-order valence-electron chi connectivity index (χ1n) is 6.58. The fourth-order valence-electron chi connectivity index (χ4n) is 1.96. The molecule has 0 bridgehead atoms. The third-order valence-electron chi connectivity index (χ3n) is 2.95. The van der Waals surface area contributed by atoms with E-state index in [4.69, 9.17) is 5.73 Å². The summed E-state index contributed by atoms with van der Waals surface area (Å²) in [5, 5.41) is 4.19. The Labute approximate surface area is 121 Å². The van der Waals surface area contributed by atoms with Crippen LogP contribution in [0.5, 0.6) is 0 Å². The predicted molar refractivity (Wildman–Crippen MR) is 80.6 cm³/mol. The average molecular weight is 292 g/mol. The SMILES string of the molecule is Cc1ccc(N)cc1S(=O)Cc1ncnn1CC(C)C. The number of hydrogen-bond acceptors (Lipinski definition) is 4. The van der Waals surface area contributed by atoms with Gasteiger partial charge in [-0.2, -0.15) is 5.10 Å². The van der Waals surface area contributed by atoms with Crippen LogP contribution < -0.4 is 5.73 Å². The van der Waals surface area contributed by atoms with Crippen molar-refractivity contribution in [2.24, 2.45) is 5.92 Å². The Morgan fingerprint density at radius 1 is 1.40 bits per heavy atom. The normalized spacial score (nSPS) is 12.8. The van der Waals surface area contributed by atoms with Crippen molar-refractivity contribution in [1.29, 1.82) is 0 Å². The molecule has 0 saturated heterocycles. The van der Waals surface area contributed by atoms with Crippen LogP contribution in [0.4, 0.5) is 5.69 Å². The van der Waals surface area contributed by atoms with Gasteiger partial charge in [-0.1, -0.05) is 19.9 Å². The lowest BCUT2D eigenvalue weighted by molar-refractivity contribution is 0.471. The molecule has 0 aliphatic rings. The Hall–Kier alpha value is -1.69. The van der Waals surface area contributed by atoms with Gasteiger partial charge in [0.2, 0.25) is 0 Å². The lowest BCUT2D eigenvalue weighted by atomic mass is 10.2. The molecule has 0 spiro atoms. The van der Waals surface area contributed by atoms with Crippen molar-refractivity contribution in [3.63, 3.8) is 0 Å². The second-order valence-corrected chi connectivity index (χ2v) is 6.69. The van der Waals surface area contributed by atoms with E-state index in [0.717, 1.165) is 22.8 Å². The van der Waals surface area contributed by atoms with E-state index in [-0.39, 0.29) is 0 Å². The molecule has 2 N–H and O–H groups in total.